The third-order valence-corrected chi connectivity index (χ3v) is 4.39. The van der Waals surface area contributed by atoms with Crippen LogP contribution in [0.1, 0.15) is 26.7 Å². The van der Waals surface area contributed by atoms with Crippen LogP contribution in [0.3, 0.4) is 0 Å². The molecule has 1 N–H and O–H groups in total. The van der Waals surface area contributed by atoms with Gasteiger partial charge >= 0.3 is 5.97 Å². The molecule has 2 aliphatic rings. The largest absolute Gasteiger partial charge is 0.478 e. The molecule has 0 unspecified atom stereocenters. The first-order chi connectivity index (χ1) is 7.98. The molecule has 0 aromatic rings. The van der Waals surface area contributed by atoms with E-state index in [0.717, 1.165) is 18.6 Å². The fourth-order valence-electron chi connectivity index (χ4n) is 2.31. The molecule has 96 valence electrons. The molecule has 0 aromatic carbocycles. The van der Waals surface area contributed by atoms with E-state index in [9.17, 15) is 4.79 Å². The molecule has 0 radical (unpaired) electrons. The van der Waals surface area contributed by atoms with Crippen molar-refractivity contribution < 1.29 is 19.4 Å². The van der Waals surface area contributed by atoms with Gasteiger partial charge in [-0.2, -0.15) is 11.8 Å². The normalized spacial score (nSPS) is 35.3. The van der Waals surface area contributed by atoms with E-state index in [4.69, 9.17) is 14.6 Å². The number of rotatable bonds is 4. The lowest BCUT2D eigenvalue weighted by molar-refractivity contribution is -0.145. The lowest BCUT2D eigenvalue weighted by Gasteiger charge is -2.21. The Morgan fingerprint density at radius 2 is 2.29 bits per heavy atom. The highest BCUT2D eigenvalue weighted by molar-refractivity contribution is 8.00. The summed E-state index contributed by atoms with van der Waals surface area (Å²) in [5.74, 6) is -0.379. The van der Waals surface area contributed by atoms with Gasteiger partial charge in [-0.15, -0.1) is 0 Å². The van der Waals surface area contributed by atoms with Gasteiger partial charge in [0.2, 0.25) is 0 Å². The van der Waals surface area contributed by atoms with Gasteiger partial charge in [0.15, 0.2) is 5.79 Å². The number of carboxylic acid groups (broad SMARTS) is 1. The van der Waals surface area contributed by atoms with Crippen molar-refractivity contribution in [1.82, 2.24) is 0 Å². The van der Waals surface area contributed by atoms with E-state index in [1.807, 2.05) is 25.6 Å². The average molecular weight is 258 g/mol. The summed E-state index contributed by atoms with van der Waals surface area (Å²) >= 11 is 1.86. The molecule has 0 aliphatic carbocycles. The summed E-state index contributed by atoms with van der Waals surface area (Å²) in [6, 6.07) is 0. The van der Waals surface area contributed by atoms with E-state index >= 15 is 0 Å². The minimum atomic E-state index is -0.886. The Morgan fingerprint density at radius 3 is 3.00 bits per heavy atom. The second-order valence-electron chi connectivity index (χ2n) is 4.83. The lowest BCUT2D eigenvalue weighted by atomic mass is 10.1. The number of carbonyl (C=O) groups is 1. The summed E-state index contributed by atoms with van der Waals surface area (Å²) in [7, 11) is 0. The van der Waals surface area contributed by atoms with Crippen molar-refractivity contribution in [2.24, 2.45) is 0 Å². The van der Waals surface area contributed by atoms with Crippen LogP contribution in [-0.4, -0.2) is 40.1 Å². The molecule has 4 nitrogen and oxygen atoms in total. The first-order valence-electron chi connectivity index (χ1n) is 5.85. The van der Waals surface area contributed by atoms with E-state index in [1.54, 1.807) is 6.08 Å². The van der Waals surface area contributed by atoms with Gasteiger partial charge in [0.1, 0.15) is 0 Å². The number of aliphatic carboxylic acids is 1. The molecule has 5 heteroatoms. The monoisotopic (exact) mass is 258 g/mol. The standard InChI is InChI=1S/C12H18O4S/c1-12(2)15-8-7-17-9(11(8)16-12)5-3-4-6-10(13)14/h4,6,8-9,11H,3,5,7H2,1-2H3,(H,13,14)/b6-4+/t8-,9-,11-/m0/s1. The van der Waals surface area contributed by atoms with Crippen LogP contribution in [0.15, 0.2) is 12.2 Å². The lowest BCUT2D eigenvalue weighted by Crippen LogP contribution is -2.27. The first-order valence-corrected chi connectivity index (χ1v) is 6.89. The van der Waals surface area contributed by atoms with E-state index in [-0.39, 0.29) is 12.2 Å². The highest BCUT2D eigenvalue weighted by Crippen LogP contribution is 2.42. The van der Waals surface area contributed by atoms with Crippen molar-refractivity contribution in [3.05, 3.63) is 12.2 Å². The van der Waals surface area contributed by atoms with Gasteiger partial charge in [0.25, 0.3) is 0 Å². The molecule has 0 spiro atoms. The number of ether oxygens (including phenoxy) is 2. The van der Waals surface area contributed by atoms with Gasteiger partial charge in [-0.1, -0.05) is 6.08 Å². The maximum Gasteiger partial charge on any atom is 0.327 e. The third-order valence-electron chi connectivity index (χ3n) is 2.94. The van der Waals surface area contributed by atoms with Gasteiger partial charge in [-0.3, -0.25) is 0 Å². The number of thioether (sulfide) groups is 1. The molecular weight excluding hydrogens is 240 g/mol. The van der Waals surface area contributed by atoms with Gasteiger partial charge < -0.3 is 14.6 Å². The van der Waals surface area contributed by atoms with Crippen molar-refractivity contribution in [3.8, 4) is 0 Å². The van der Waals surface area contributed by atoms with Crippen LogP contribution in [0.5, 0.6) is 0 Å². The van der Waals surface area contributed by atoms with Crippen LogP contribution in [0.25, 0.3) is 0 Å². The molecule has 3 atom stereocenters. The number of carboxylic acids is 1. The second-order valence-corrected chi connectivity index (χ2v) is 6.10. The molecule has 2 heterocycles. The van der Waals surface area contributed by atoms with Crippen LogP contribution in [0.2, 0.25) is 0 Å². The van der Waals surface area contributed by atoms with E-state index in [0.29, 0.717) is 5.25 Å². The summed E-state index contributed by atoms with van der Waals surface area (Å²) in [4.78, 5) is 10.3. The Labute approximate surface area is 105 Å². The minimum Gasteiger partial charge on any atom is -0.478 e. The van der Waals surface area contributed by atoms with Crippen LogP contribution in [0, 0.1) is 0 Å². The van der Waals surface area contributed by atoms with E-state index in [2.05, 4.69) is 0 Å². The van der Waals surface area contributed by atoms with Gasteiger partial charge in [-0.25, -0.2) is 4.79 Å². The predicted molar refractivity (Wildman–Crippen MR) is 66.1 cm³/mol. The zero-order valence-electron chi connectivity index (χ0n) is 10.1. The molecule has 17 heavy (non-hydrogen) atoms. The van der Waals surface area contributed by atoms with Crippen molar-refractivity contribution in [2.45, 2.75) is 49.9 Å². The first kappa shape index (κ1) is 12.9. The van der Waals surface area contributed by atoms with E-state index in [1.165, 1.54) is 6.08 Å². The maximum absolute atomic E-state index is 10.3. The second kappa shape index (κ2) is 5.00. The molecule has 0 saturated carbocycles. The smallest absolute Gasteiger partial charge is 0.327 e. The van der Waals surface area contributed by atoms with Gasteiger partial charge in [0.05, 0.1) is 12.2 Å². The highest BCUT2D eigenvalue weighted by atomic mass is 32.2. The molecule has 0 bridgehead atoms. The number of allylic oxidation sites excluding steroid dienone is 1. The molecule has 2 aliphatic heterocycles. The molecule has 2 fully saturated rings. The zero-order valence-corrected chi connectivity index (χ0v) is 10.9. The SMILES string of the molecule is CC1(C)O[C@H]2[C@H](CS[C@H]2CC/C=C/C(=O)O)O1. The van der Waals surface area contributed by atoms with Crippen molar-refractivity contribution in [3.63, 3.8) is 0 Å². The molecule has 2 rings (SSSR count). The predicted octanol–water partition coefficient (Wildman–Crippen LogP) is 2.04. The Bertz CT molecular complexity index is 326. The zero-order chi connectivity index (χ0) is 12.5. The summed E-state index contributed by atoms with van der Waals surface area (Å²) in [6.07, 6.45) is 4.98. The summed E-state index contributed by atoms with van der Waals surface area (Å²) in [5.41, 5.74) is 0. The fraction of sp³-hybridized carbons (Fsp3) is 0.750. The van der Waals surface area contributed by atoms with Crippen molar-refractivity contribution >= 4 is 17.7 Å². The maximum atomic E-state index is 10.3. The number of hydrogen-bond acceptors (Lipinski definition) is 4. The van der Waals surface area contributed by atoms with Crippen LogP contribution in [-0.2, 0) is 14.3 Å². The Hall–Kier alpha value is -0.520. The Balaban J connectivity index is 1.81. The van der Waals surface area contributed by atoms with Crippen molar-refractivity contribution in [1.29, 1.82) is 0 Å². The van der Waals surface area contributed by atoms with Gasteiger partial charge in [-0.05, 0) is 26.7 Å². The molecule has 0 amide bonds. The Kier molecular flexibility index (Phi) is 3.80. The fourth-order valence-corrected chi connectivity index (χ4v) is 3.73. The van der Waals surface area contributed by atoms with Gasteiger partial charge in [0, 0.05) is 17.1 Å². The minimum absolute atomic E-state index is 0.160. The van der Waals surface area contributed by atoms with Crippen molar-refractivity contribution in [2.75, 3.05) is 5.75 Å². The molecule has 2 saturated heterocycles. The number of hydrogen-bond donors (Lipinski definition) is 1. The molecular formula is C12H18O4S. The summed E-state index contributed by atoms with van der Waals surface area (Å²) in [5, 5.41) is 8.90. The summed E-state index contributed by atoms with van der Waals surface area (Å²) in [6.45, 7) is 3.88. The third kappa shape index (κ3) is 3.24. The van der Waals surface area contributed by atoms with Crippen LogP contribution in [0.4, 0.5) is 0 Å². The van der Waals surface area contributed by atoms with E-state index < -0.39 is 11.8 Å². The summed E-state index contributed by atoms with van der Waals surface area (Å²) < 4.78 is 11.7. The number of fused-ring (bicyclic) bond motifs is 1. The highest BCUT2D eigenvalue weighted by Gasteiger charge is 2.48. The quantitative estimate of drug-likeness (QED) is 0.782. The Morgan fingerprint density at radius 1 is 1.53 bits per heavy atom. The average Bonchev–Trinajstić information content (AvgIpc) is 2.68. The van der Waals surface area contributed by atoms with Crippen LogP contribution < -0.4 is 0 Å². The van der Waals surface area contributed by atoms with Crippen LogP contribution >= 0.6 is 11.8 Å². The molecule has 0 aromatic heterocycles. The topological polar surface area (TPSA) is 55.8 Å².